The number of hydrogen-bond acceptors (Lipinski definition) is 3. The second kappa shape index (κ2) is 6.75. The van der Waals surface area contributed by atoms with E-state index < -0.39 is 25.7 Å². The highest BCUT2D eigenvalue weighted by Gasteiger charge is 2.20. The molecular weight excluding hydrogens is 317 g/mol. The minimum Gasteiger partial charge on any atom is -0.349 e. The van der Waals surface area contributed by atoms with Gasteiger partial charge >= 0.3 is 0 Å². The summed E-state index contributed by atoms with van der Waals surface area (Å²) in [5.74, 6) is -1.36. The molecule has 0 aliphatic heterocycles. The first-order valence-corrected chi connectivity index (χ1v) is 9.24. The molecule has 0 spiro atoms. The van der Waals surface area contributed by atoms with Crippen LogP contribution in [0.15, 0.2) is 23.1 Å². The summed E-state index contributed by atoms with van der Waals surface area (Å²) < 4.78 is 36.0. The van der Waals surface area contributed by atoms with Crippen LogP contribution in [0.3, 0.4) is 0 Å². The third kappa shape index (κ3) is 4.41. The minimum absolute atomic E-state index is 0.0844. The van der Waals surface area contributed by atoms with Gasteiger partial charge in [-0.1, -0.05) is 25.7 Å². The Labute approximate surface area is 128 Å². The summed E-state index contributed by atoms with van der Waals surface area (Å²) in [6.45, 7) is 0. The minimum atomic E-state index is -4.21. The summed E-state index contributed by atoms with van der Waals surface area (Å²) in [5.41, 5.74) is 0.0971. The largest absolute Gasteiger partial charge is 0.349 e. The molecule has 7 heteroatoms. The monoisotopic (exact) mass is 333 g/mol. The Bertz CT molecular complexity index is 625. The Hall–Kier alpha value is -1.14. The lowest BCUT2D eigenvalue weighted by molar-refractivity contribution is 0.0933. The van der Waals surface area contributed by atoms with Crippen LogP contribution in [-0.4, -0.2) is 20.4 Å². The van der Waals surface area contributed by atoms with Crippen LogP contribution < -0.4 is 5.32 Å². The molecule has 1 saturated carbocycles. The summed E-state index contributed by atoms with van der Waals surface area (Å²) in [6.07, 6.45) is 6.28. The highest BCUT2D eigenvalue weighted by atomic mass is 35.7. The first-order chi connectivity index (χ1) is 9.88. The van der Waals surface area contributed by atoms with Gasteiger partial charge in [-0.05, 0) is 31.0 Å². The van der Waals surface area contributed by atoms with Gasteiger partial charge in [0.05, 0.1) is 0 Å². The fourth-order valence-electron chi connectivity index (χ4n) is 2.52. The molecule has 4 nitrogen and oxygen atoms in total. The first kappa shape index (κ1) is 16.2. The van der Waals surface area contributed by atoms with E-state index in [-0.39, 0.29) is 11.6 Å². The number of rotatable bonds is 3. The van der Waals surface area contributed by atoms with Crippen molar-refractivity contribution < 1.29 is 17.6 Å². The van der Waals surface area contributed by atoms with Crippen molar-refractivity contribution in [2.75, 3.05) is 0 Å². The molecule has 0 saturated heterocycles. The van der Waals surface area contributed by atoms with E-state index in [0.29, 0.717) is 0 Å². The van der Waals surface area contributed by atoms with E-state index in [4.69, 9.17) is 10.7 Å². The first-order valence-electron chi connectivity index (χ1n) is 6.93. The van der Waals surface area contributed by atoms with E-state index in [9.17, 15) is 17.6 Å². The van der Waals surface area contributed by atoms with Crippen LogP contribution in [0.25, 0.3) is 0 Å². The molecule has 1 aliphatic carbocycles. The quantitative estimate of drug-likeness (QED) is 0.682. The number of carbonyl (C=O) groups is 1. The van der Waals surface area contributed by atoms with Gasteiger partial charge in [0.15, 0.2) is 0 Å². The summed E-state index contributed by atoms with van der Waals surface area (Å²) in [4.78, 5) is 11.5. The molecule has 0 aromatic heterocycles. The molecule has 0 unspecified atom stereocenters. The maximum absolute atomic E-state index is 13.4. The number of halogens is 2. The van der Waals surface area contributed by atoms with Crippen molar-refractivity contribution in [2.24, 2.45) is 0 Å². The highest BCUT2D eigenvalue weighted by molar-refractivity contribution is 8.13. The fraction of sp³-hybridized carbons (Fsp3) is 0.500. The summed E-state index contributed by atoms with van der Waals surface area (Å²) in [7, 11) is 0.943. The van der Waals surface area contributed by atoms with Crippen molar-refractivity contribution in [2.45, 2.75) is 49.5 Å². The van der Waals surface area contributed by atoms with Gasteiger partial charge in [-0.15, -0.1) is 0 Å². The second-order valence-electron chi connectivity index (χ2n) is 5.24. The summed E-state index contributed by atoms with van der Waals surface area (Å²) >= 11 is 0. The molecule has 0 bridgehead atoms. The molecule has 21 heavy (non-hydrogen) atoms. The van der Waals surface area contributed by atoms with Gasteiger partial charge in [-0.3, -0.25) is 4.79 Å². The molecule has 0 heterocycles. The van der Waals surface area contributed by atoms with Gasteiger partial charge in [0, 0.05) is 22.3 Å². The Balaban J connectivity index is 2.16. The molecule has 1 fully saturated rings. The zero-order chi connectivity index (χ0) is 15.5. The zero-order valence-corrected chi connectivity index (χ0v) is 13.0. The van der Waals surface area contributed by atoms with E-state index in [1.807, 2.05) is 0 Å². The smallest absolute Gasteiger partial charge is 0.264 e. The van der Waals surface area contributed by atoms with Crippen molar-refractivity contribution >= 4 is 25.6 Å². The van der Waals surface area contributed by atoms with Gasteiger partial charge in [0.2, 0.25) is 0 Å². The number of hydrogen-bond donors (Lipinski definition) is 1. The Morgan fingerprint density at radius 1 is 1.19 bits per heavy atom. The van der Waals surface area contributed by atoms with Crippen LogP contribution >= 0.6 is 10.7 Å². The number of amides is 1. The van der Waals surface area contributed by atoms with Crippen molar-refractivity contribution in [3.05, 3.63) is 29.6 Å². The number of benzene rings is 1. The van der Waals surface area contributed by atoms with E-state index in [2.05, 4.69) is 5.32 Å². The van der Waals surface area contributed by atoms with Gasteiger partial charge < -0.3 is 5.32 Å². The Kier molecular flexibility index (Phi) is 5.22. The lowest BCUT2D eigenvalue weighted by Crippen LogP contribution is -2.34. The molecule has 1 amide bonds. The third-order valence-corrected chi connectivity index (χ3v) is 4.98. The average Bonchev–Trinajstić information content (AvgIpc) is 2.66. The van der Waals surface area contributed by atoms with Gasteiger partial charge in [-0.25, -0.2) is 12.8 Å². The number of nitrogens with one attached hydrogen (secondary N) is 1. The van der Waals surface area contributed by atoms with Crippen LogP contribution in [0, 0.1) is 5.82 Å². The standard InChI is InChI=1S/C14H17ClFNO3S/c15-21(19,20)13-9-10(7-8-12(13)16)14(18)17-11-5-3-1-2-4-6-11/h7-9,11H,1-6H2,(H,17,18). The highest BCUT2D eigenvalue weighted by Crippen LogP contribution is 2.21. The maximum atomic E-state index is 13.4. The van der Waals surface area contributed by atoms with Crippen LogP contribution in [0.1, 0.15) is 48.9 Å². The molecule has 1 N–H and O–H groups in total. The summed E-state index contributed by atoms with van der Waals surface area (Å²) in [6, 6.07) is 3.26. The Morgan fingerprint density at radius 3 is 2.38 bits per heavy atom. The molecule has 2 rings (SSSR count). The molecular formula is C14H17ClFNO3S. The van der Waals surface area contributed by atoms with Gasteiger partial charge in [0.25, 0.3) is 15.0 Å². The van der Waals surface area contributed by atoms with Gasteiger partial charge in [-0.2, -0.15) is 0 Å². The van der Waals surface area contributed by atoms with Crippen LogP contribution in [0.2, 0.25) is 0 Å². The van der Waals surface area contributed by atoms with Crippen LogP contribution in [-0.2, 0) is 9.05 Å². The van der Waals surface area contributed by atoms with E-state index >= 15 is 0 Å². The zero-order valence-electron chi connectivity index (χ0n) is 11.4. The maximum Gasteiger partial charge on any atom is 0.264 e. The van der Waals surface area contributed by atoms with E-state index in [1.54, 1.807) is 0 Å². The topological polar surface area (TPSA) is 63.2 Å². The van der Waals surface area contributed by atoms with E-state index in [1.165, 1.54) is 6.07 Å². The predicted molar refractivity (Wildman–Crippen MR) is 78.4 cm³/mol. The lowest BCUT2D eigenvalue weighted by Gasteiger charge is -2.16. The molecule has 1 aromatic rings. The molecule has 1 aromatic carbocycles. The summed E-state index contributed by atoms with van der Waals surface area (Å²) in [5, 5.41) is 2.87. The van der Waals surface area contributed by atoms with E-state index in [0.717, 1.165) is 50.7 Å². The van der Waals surface area contributed by atoms with Crippen molar-refractivity contribution in [3.8, 4) is 0 Å². The van der Waals surface area contributed by atoms with Crippen molar-refractivity contribution in [3.63, 3.8) is 0 Å². The van der Waals surface area contributed by atoms with Crippen LogP contribution in [0.5, 0.6) is 0 Å². The third-order valence-electron chi connectivity index (χ3n) is 3.65. The molecule has 1 aliphatic rings. The average molecular weight is 334 g/mol. The number of carbonyl (C=O) groups excluding carboxylic acids is 1. The van der Waals surface area contributed by atoms with Gasteiger partial charge in [0.1, 0.15) is 10.7 Å². The normalized spacial score (nSPS) is 17.2. The molecule has 0 radical (unpaired) electrons. The van der Waals surface area contributed by atoms with Crippen molar-refractivity contribution in [1.29, 1.82) is 0 Å². The second-order valence-corrected chi connectivity index (χ2v) is 7.78. The van der Waals surface area contributed by atoms with Crippen LogP contribution in [0.4, 0.5) is 4.39 Å². The Morgan fingerprint density at radius 2 is 1.81 bits per heavy atom. The molecule has 116 valence electrons. The fourth-order valence-corrected chi connectivity index (χ4v) is 3.45. The molecule has 0 atom stereocenters. The SMILES string of the molecule is O=C(NC1CCCCCC1)c1ccc(F)c(S(=O)(=O)Cl)c1. The lowest BCUT2D eigenvalue weighted by atomic mass is 10.1. The predicted octanol–water partition coefficient (Wildman–Crippen LogP) is 3.21. The van der Waals surface area contributed by atoms with Crippen molar-refractivity contribution in [1.82, 2.24) is 5.32 Å².